The number of esters is 1. The Bertz CT molecular complexity index is 804. The van der Waals surface area contributed by atoms with Crippen LogP contribution >= 0.6 is 0 Å². The first-order valence-corrected chi connectivity index (χ1v) is 6.38. The molecule has 0 aliphatic carbocycles. The zero-order valence-electron chi connectivity index (χ0n) is 11.6. The van der Waals surface area contributed by atoms with E-state index in [9.17, 15) is 9.59 Å². The van der Waals surface area contributed by atoms with Gasteiger partial charge in [0.2, 0.25) is 0 Å². The lowest BCUT2D eigenvalue weighted by Crippen LogP contribution is -2.03. The first-order valence-electron chi connectivity index (χ1n) is 6.38. The van der Waals surface area contributed by atoms with Gasteiger partial charge in [-0.2, -0.15) is 0 Å². The van der Waals surface area contributed by atoms with Crippen molar-refractivity contribution in [1.29, 1.82) is 0 Å². The maximum atomic E-state index is 11.4. The van der Waals surface area contributed by atoms with Gasteiger partial charge in [-0.3, -0.25) is 4.79 Å². The minimum Gasteiger partial charge on any atom is -0.465 e. The van der Waals surface area contributed by atoms with Crippen LogP contribution in [0.5, 0.6) is 0 Å². The second-order valence-electron chi connectivity index (χ2n) is 4.37. The Hall–Kier alpha value is -3.22. The average molecular weight is 297 g/mol. The monoisotopic (exact) mass is 297 g/mol. The molecular weight excluding hydrogens is 286 g/mol. The van der Waals surface area contributed by atoms with E-state index in [1.54, 1.807) is 36.4 Å². The molecule has 0 atom stereocenters. The minimum absolute atomic E-state index is 0.173. The van der Waals surface area contributed by atoms with Crippen molar-refractivity contribution >= 4 is 12.3 Å². The third-order valence-corrected chi connectivity index (χ3v) is 3.10. The lowest BCUT2D eigenvalue weighted by atomic mass is 10.2. The predicted octanol–water partition coefficient (Wildman–Crippen LogP) is 2.13. The maximum absolute atomic E-state index is 11.4. The van der Waals surface area contributed by atoms with Crippen LogP contribution in [0.25, 0.3) is 17.1 Å². The Morgan fingerprint density at radius 3 is 2.64 bits per heavy atom. The van der Waals surface area contributed by atoms with E-state index in [1.807, 2.05) is 0 Å². The molecular formula is C15H11N3O4. The first kappa shape index (κ1) is 13.7. The normalized spacial score (nSPS) is 10.4. The highest BCUT2D eigenvalue weighted by Gasteiger charge is 2.18. The molecule has 0 N–H and O–H groups in total. The van der Waals surface area contributed by atoms with Crippen molar-refractivity contribution in [2.24, 2.45) is 0 Å². The number of aldehydes is 1. The molecule has 0 amide bonds. The van der Waals surface area contributed by atoms with E-state index in [2.05, 4.69) is 15.0 Å². The number of hydrogen-bond acceptors (Lipinski definition) is 6. The van der Waals surface area contributed by atoms with Crippen LogP contribution in [0.15, 0.2) is 47.1 Å². The number of carbonyl (C=O) groups excluding carboxylic acids is 2. The summed E-state index contributed by atoms with van der Waals surface area (Å²) in [5.74, 6) is 0.0501. The van der Waals surface area contributed by atoms with Crippen molar-refractivity contribution in [3.8, 4) is 17.1 Å². The molecule has 7 heteroatoms. The molecule has 1 aromatic carbocycles. The highest BCUT2D eigenvalue weighted by molar-refractivity contribution is 5.89. The molecule has 3 aromatic rings. The van der Waals surface area contributed by atoms with Crippen LogP contribution in [0.3, 0.4) is 0 Å². The second kappa shape index (κ2) is 5.65. The minimum atomic E-state index is -0.426. The van der Waals surface area contributed by atoms with Crippen LogP contribution in [0.4, 0.5) is 0 Å². The number of benzene rings is 1. The van der Waals surface area contributed by atoms with Crippen LogP contribution < -0.4 is 0 Å². The van der Waals surface area contributed by atoms with Gasteiger partial charge in [0.1, 0.15) is 5.69 Å². The zero-order valence-corrected chi connectivity index (χ0v) is 11.6. The molecule has 2 heterocycles. The van der Waals surface area contributed by atoms with Crippen LogP contribution in [0, 0.1) is 0 Å². The van der Waals surface area contributed by atoms with Crippen molar-refractivity contribution < 1.29 is 18.7 Å². The summed E-state index contributed by atoms with van der Waals surface area (Å²) in [6.07, 6.45) is 2.12. The molecule has 0 saturated heterocycles. The fraction of sp³-hybridized carbons (Fsp3) is 0.0667. The maximum Gasteiger partial charge on any atom is 0.337 e. The fourth-order valence-electron chi connectivity index (χ4n) is 2.05. The van der Waals surface area contributed by atoms with Gasteiger partial charge in [0.25, 0.3) is 0 Å². The third-order valence-electron chi connectivity index (χ3n) is 3.10. The van der Waals surface area contributed by atoms with E-state index >= 15 is 0 Å². The molecule has 7 nitrogen and oxygen atoms in total. The molecule has 0 unspecified atom stereocenters. The van der Waals surface area contributed by atoms with Gasteiger partial charge in [-0.25, -0.2) is 9.48 Å². The van der Waals surface area contributed by atoms with Crippen LogP contribution in [0.1, 0.15) is 20.8 Å². The van der Waals surface area contributed by atoms with Gasteiger partial charge in [-0.1, -0.05) is 5.21 Å². The summed E-state index contributed by atoms with van der Waals surface area (Å²) in [5, 5.41) is 7.80. The number of rotatable bonds is 4. The number of aromatic nitrogens is 3. The largest absolute Gasteiger partial charge is 0.465 e. The molecule has 0 radical (unpaired) electrons. The van der Waals surface area contributed by atoms with E-state index in [-0.39, 0.29) is 5.69 Å². The highest BCUT2D eigenvalue weighted by atomic mass is 16.5. The van der Waals surface area contributed by atoms with Crippen LogP contribution in [-0.2, 0) is 4.74 Å². The topological polar surface area (TPSA) is 87.2 Å². The van der Waals surface area contributed by atoms with Crippen LogP contribution in [0.2, 0.25) is 0 Å². The Morgan fingerprint density at radius 2 is 2.05 bits per heavy atom. The Balaban J connectivity index is 2.07. The molecule has 0 saturated carbocycles. The fourth-order valence-corrected chi connectivity index (χ4v) is 2.05. The van der Waals surface area contributed by atoms with E-state index in [0.29, 0.717) is 29.0 Å². The summed E-state index contributed by atoms with van der Waals surface area (Å²) in [6.45, 7) is 0. The van der Waals surface area contributed by atoms with Crippen molar-refractivity contribution in [1.82, 2.24) is 15.0 Å². The van der Waals surface area contributed by atoms with Gasteiger partial charge >= 0.3 is 5.97 Å². The zero-order chi connectivity index (χ0) is 15.5. The number of ether oxygens (including phenoxy) is 1. The molecule has 110 valence electrons. The molecule has 0 fully saturated rings. The number of furan rings is 1. The predicted molar refractivity (Wildman–Crippen MR) is 75.8 cm³/mol. The van der Waals surface area contributed by atoms with E-state index in [0.717, 1.165) is 0 Å². The number of nitrogens with zero attached hydrogens (tertiary/aromatic N) is 3. The molecule has 0 aliphatic heterocycles. The van der Waals surface area contributed by atoms with Gasteiger partial charge in [-0.05, 0) is 36.4 Å². The summed E-state index contributed by atoms with van der Waals surface area (Å²) in [5.41, 5.74) is 1.68. The first-order chi connectivity index (χ1) is 10.7. The third kappa shape index (κ3) is 2.28. The summed E-state index contributed by atoms with van der Waals surface area (Å²) in [4.78, 5) is 22.6. The van der Waals surface area contributed by atoms with Crippen molar-refractivity contribution in [3.05, 3.63) is 53.9 Å². The second-order valence-corrected chi connectivity index (χ2v) is 4.37. The van der Waals surface area contributed by atoms with E-state index in [4.69, 9.17) is 4.42 Å². The van der Waals surface area contributed by atoms with Crippen LogP contribution in [-0.4, -0.2) is 34.4 Å². The standard InChI is InChI=1S/C15H11N3O4/c1-21-15(20)10-4-6-11(7-5-10)18-14(12(9-19)16-17-18)13-3-2-8-22-13/h2-9H,1H3. The number of methoxy groups -OCH3 is 1. The van der Waals surface area contributed by atoms with Gasteiger partial charge in [0.15, 0.2) is 17.7 Å². The highest BCUT2D eigenvalue weighted by Crippen LogP contribution is 2.25. The Labute approximate surface area is 125 Å². The Morgan fingerprint density at radius 1 is 1.27 bits per heavy atom. The lowest BCUT2D eigenvalue weighted by molar-refractivity contribution is 0.0600. The van der Waals surface area contributed by atoms with Crippen molar-refractivity contribution in [2.45, 2.75) is 0 Å². The van der Waals surface area contributed by atoms with Gasteiger partial charge in [0.05, 0.1) is 24.6 Å². The summed E-state index contributed by atoms with van der Waals surface area (Å²) in [6, 6.07) is 10.0. The summed E-state index contributed by atoms with van der Waals surface area (Å²) < 4.78 is 11.5. The van der Waals surface area contributed by atoms with Gasteiger partial charge in [0, 0.05) is 0 Å². The Kier molecular flexibility index (Phi) is 3.53. The van der Waals surface area contributed by atoms with Gasteiger partial charge in [-0.15, -0.1) is 5.10 Å². The molecule has 0 bridgehead atoms. The van der Waals surface area contributed by atoms with Gasteiger partial charge < -0.3 is 9.15 Å². The molecule has 0 spiro atoms. The van der Waals surface area contributed by atoms with E-state index < -0.39 is 5.97 Å². The lowest BCUT2D eigenvalue weighted by Gasteiger charge is -2.05. The molecule has 3 rings (SSSR count). The van der Waals surface area contributed by atoms with E-state index in [1.165, 1.54) is 18.1 Å². The van der Waals surface area contributed by atoms with Crippen molar-refractivity contribution in [2.75, 3.05) is 7.11 Å². The molecule has 2 aromatic heterocycles. The quantitative estimate of drug-likeness (QED) is 0.541. The summed E-state index contributed by atoms with van der Waals surface area (Å²) >= 11 is 0. The number of carbonyl (C=O) groups is 2. The summed E-state index contributed by atoms with van der Waals surface area (Å²) in [7, 11) is 1.32. The number of hydrogen-bond donors (Lipinski definition) is 0. The SMILES string of the molecule is COC(=O)c1ccc(-n2nnc(C=O)c2-c2ccco2)cc1. The molecule has 22 heavy (non-hydrogen) atoms. The molecule has 0 aliphatic rings. The average Bonchev–Trinajstić information content (AvgIpc) is 3.22. The van der Waals surface area contributed by atoms with Crippen molar-refractivity contribution in [3.63, 3.8) is 0 Å². The smallest absolute Gasteiger partial charge is 0.337 e.